The largest absolute Gasteiger partial charge is 0.480 e. The molecule has 0 spiro atoms. The summed E-state index contributed by atoms with van der Waals surface area (Å²) in [4.78, 5) is 48.3. The fraction of sp³-hybridized carbons (Fsp3) is 0.733. The first-order chi connectivity index (χ1) is 11.8. The Hall–Kier alpha value is -1.81. The number of carboxylic acids is 1. The Morgan fingerprint density at radius 2 is 2.00 bits per heavy atom. The number of carbonyl (C=O) groups is 4. The average molecular weight is 374 g/mol. The third-order valence-electron chi connectivity index (χ3n) is 4.08. The minimum absolute atomic E-state index is 0.0929. The number of rotatable bonds is 10. The maximum absolute atomic E-state index is 12.4. The standard InChI is InChI=1S/C15H26N4O5S/c1-25-8-6-9(16)14(22)19-7-2-3-11(19)13(21)18-10(15(23)24)4-5-12(17)20/h9-11H,2-8,16H2,1H3,(H2,17,20)(H,18,21)(H,23,24). The topological polar surface area (TPSA) is 156 Å². The summed E-state index contributed by atoms with van der Waals surface area (Å²) < 4.78 is 0. The highest BCUT2D eigenvalue weighted by Gasteiger charge is 2.37. The van der Waals surface area contributed by atoms with Gasteiger partial charge in [-0.3, -0.25) is 14.4 Å². The van der Waals surface area contributed by atoms with Crippen LogP contribution in [0.25, 0.3) is 0 Å². The third-order valence-corrected chi connectivity index (χ3v) is 4.73. The van der Waals surface area contributed by atoms with Crippen molar-refractivity contribution in [3.8, 4) is 0 Å². The first kappa shape index (κ1) is 21.2. The molecule has 0 aromatic heterocycles. The Labute approximate surface area is 150 Å². The quantitative estimate of drug-likeness (QED) is 0.378. The SMILES string of the molecule is CSCCC(N)C(=O)N1CCCC1C(=O)NC(CCC(N)=O)C(=O)O. The number of hydrogen-bond donors (Lipinski definition) is 4. The zero-order valence-electron chi connectivity index (χ0n) is 14.3. The molecule has 3 unspecified atom stereocenters. The predicted molar refractivity (Wildman–Crippen MR) is 93.7 cm³/mol. The van der Waals surface area contributed by atoms with Crippen LogP contribution in [0.4, 0.5) is 0 Å². The number of nitrogens with zero attached hydrogens (tertiary/aromatic N) is 1. The Morgan fingerprint density at radius 3 is 2.56 bits per heavy atom. The van der Waals surface area contributed by atoms with Crippen LogP contribution in [0.2, 0.25) is 0 Å². The van der Waals surface area contributed by atoms with E-state index < -0.39 is 35.9 Å². The van der Waals surface area contributed by atoms with Crippen molar-refractivity contribution >= 4 is 35.5 Å². The molecule has 3 atom stereocenters. The molecule has 10 heteroatoms. The second kappa shape index (κ2) is 10.2. The van der Waals surface area contributed by atoms with Gasteiger partial charge in [0.05, 0.1) is 6.04 Å². The van der Waals surface area contributed by atoms with Crippen molar-refractivity contribution in [1.82, 2.24) is 10.2 Å². The van der Waals surface area contributed by atoms with Crippen LogP contribution in [0.3, 0.4) is 0 Å². The van der Waals surface area contributed by atoms with Gasteiger partial charge in [0.2, 0.25) is 17.7 Å². The van der Waals surface area contributed by atoms with Gasteiger partial charge in [-0.1, -0.05) is 0 Å². The maximum Gasteiger partial charge on any atom is 0.326 e. The smallest absolute Gasteiger partial charge is 0.326 e. The summed E-state index contributed by atoms with van der Waals surface area (Å²) in [7, 11) is 0. The molecule has 0 bridgehead atoms. The van der Waals surface area contributed by atoms with Crippen molar-refractivity contribution in [1.29, 1.82) is 0 Å². The monoisotopic (exact) mass is 374 g/mol. The highest BCUT2D eigenvalue weighted by molar-refractivity contribution is 7.98. The van der Waals surface area contributed by atoms with E-state index in [2.05, 4.69) is 5.32 Å². The van der Waals surface area contributed by atoms with Crippen molar-refractivity contribution in [3.05, 3.63) is 0 Å². The minimum Gasteiger partial charge on any atom is -0.480 e. The van der Waals surface area contributed by atoms with Gasteiger partial charge in [-0.15, -0.1) is 0 Å². The molecule has 0 radical (unpaired) electrons. The van der Waals surface area contributed by atoms with Crippen LogP contribution >= 0.6 is 11.8 Å². The lowest BCUT2D eigenvalue weighted by molar-refractivity contribution is -0.144. The summed E-state index contributed by atoms with van der Waals surface area (Å²) in [6.07, 6.45) is 3.30. The number of nitrogens with one attached hydrogen (secondary N) is 1. The number of aliphatic carboxylic acids is 1. The fourth-order valence-corrected chi connectivity index (χ4v) is 3.19. The van der Waals surface area contributed by atoms with E-state index in [1.54, 1.807) is 11.8 Å². The van der Waals surface area contributed by atoms with Gasteiger partial charge in [-0.25, -0.2) is 4.79 Å². The van der Waals surface area contributed by atoms with Gasteiger partial charge in [-0.05, 0) is 37.7 Å². The first-order valence-corrected chi connectivity index (χ1v) is 9.53. The van der Waals surface area contributed by atoms with Crippen molar-refractivity contribution in [2.24, 2.45) is 11.5 Å². The van der Waals surface area contributed by atoms with Crippen LogP contribution < -0.4 is 16.8 Å². The molecule has 0 aromatic carbocycles. The normalized spacial score (nSPS) is 19.3. The van der Waals surface area contributed by atoms with Crippen LogP contribution in [0.5, 0.6) is 0 Å². The molecule has 1 aliphatic rings. The van der Waals surface area contributed by atoms with Crippen LogP contribution in [-0.4, -0.2) is 70.4 Å². The van der Waals surface area contributed by atoms with Crippen molar-refractivity contribution in [2.45, 2.75) is 50.2 Å². The Balaban J connectivity index is 2.69. The fourth-order valence-electron chi connectivity index (χ4n) is 2.70. The van der Waals surface area contributed by atoms with E-state index in [0.29, 0.717) is 25.8 Å². The van der Waals surface area contributed by atoms with E-state index in [0.717, 1.165) is 5.75 Å². The summed E-state index contributed by atoms with van der Waals surface area (Å²) >= 11 is 1.58. The number of thioether (sulfide) groups is 1. The van der Waals surface area contributed by atoms with E-state index in [9.17, 15) is 19.2 Å². The van der Waals surface area contributed by atoms with Crippen molar-refractivity contribution in [2.75, 3.05) is 18.6 Å². The van der Waals surface area contributed by atoms with Gasteiger partial charge in [0, 0.05) is 13.0 Å². The number of hydrogen-bond acceptors (Lipinski definition) is 6. The molecule has 6 N–H and O–H groups in total. The van der Waals surface area contributed by atoms with Crippen LogP contribution in [-0.2, 0) is 19.2 Å². The van der Waals surface area contributed by atoms with Crippen molar-refractivity contribution in [3.63, 3.8) is 0 Å². The molecule has 0 saturated carbocycles. The van der Waals surface area contributed by atoms with E-state index in [1.165, 1.54) is 4.90 Å². The predicted octanol–water partition coefficient (Wildman–Crippen LogP) is -1.11. The van der Waals surface area contributed by atoms with E-state index in [-0.39, 0.29) is 18.7 Å². The zero-order chi connectivity index (χ0) is 19.0. The number of amides is 3. The number of carboxylic acid groups (broad SMARTS) is 1. The maximum atomic E-state index is 12.4. The molecule has 1 rings (SSSR count). The third kappa shape index (κ3) is 6.54. The molecule has 0 aliphatic carbocycles. The highest BCUT2D eigenvalue weighted by Crippen LogP contribution is 2.19. The molecule has 142 valence electrons. The summed E-state index contributed by atoms with van der Waals surface area (Å²) in [6.45, 7) is 0.420. The first-order valence-electron chi connectivity index (χ1n) is 8.14. The molecule has 1 heterocycles. The number of nitrogens with two attached hydrogens (primary N) is 2. The van der Waals surface area contributed by atoms with Gasteiger partial charge >= 0.3 is 5.97 Å². The lowest BCUT2D eigenvalue weighted by atomic mass is 10.1. The summed E-state index contributed by atoms with van der Waals surface area (Å²) in [5, 5.41) is 11.6. The van der Waals surface area contributed by atoms with Crippen LogP contribution in [0.15, 0.2) is 0 Å². The minimum atomic E-state index is -1.25. The molecular formula is C15H26N4O5S. The lowest BCUT2D eigenvalue weighted by Gasteiger charge is -2.27. The molecule has 1 aliphatic heterocycles. The second-order valence-electron chi connectivity index (χ2n) is 5.98. The summed E-state index contributed by atoms with van der Waals surface area (Å²) in [5.41, 5.74) is 10.9. The number of likely N-dealkylation sites (tertiary alicyclic amines) is 1. The average Bonchev–Trinajstić information content (AvgIpc) is 3.04. The second-order valence-corrected chi connectivity index (χ2v) is 6.97. The number of primary amides is 1. The highest BCUT2D eigenvalue weighted by atomic mass is 32.2. The van der Waals surface area contributed by atoms with Gasteiger partial charge < -0.3 is 26.8 Å². The molecular weight excluding hydrogens is 348 g/mol. The molecule has 1 saturated heterocycles. The van der Waals surface area contributed by atoms with E-state index in [4.69, 9.17) is 16.6 Å². The Bertz CT molecular complexity index is 516. The molecule has 3 amide bonds. The Morgan fingerprint density at radius 1 is 1.32 bits per heavy atom. The van der Waals surface area contributed by atoms with Gasteiger partial charge in [0.15, 0.2) is 0 Å². The van der Waals surface area contributed by atoms with Gasteiger partial charge in [0.25, 0.3) is 0 Å². The Kier molecular flexibility index (Phi) is 8.70. The van der Waals surface area contributed by atoms with Crippen LogP contribution in [0.1, 0.15) is 32.1 Å². The van der Waals surface area contributed by atoms with Gasteiger partial charge in [-0.2, -0.15) is 11.8 Å². The number of carbonyl (C=O) groups excluding carboxylic acids is 3. The molecule has 0 aromatic rings. The van der Waals surface area contributed by atoms with Crippen LogP contribution in [0, 0.1) is 0 Å². The lowest BCUT2D eigenvalue weighted by Crippen LogP contribution is -2.54. The van der Waals surface area contributed by atoms with E-state index >= 15 is 0 Å². The molecule has 25 heavy (non-hydrogen) atoms. The summed E-state index contributed by atoms with van der Waals surface area (Å²) in [5.74, 6) is -1.98. The zero-order valence-corrected chi connectivity index (χ0v) is 15.1. The molecule has 9 nitrogen and oxygen atoms in total. The molecule has 1 fully saturated rings. The summed E-state index contributed by atoms with van der Waals surface area (Å²) in [6, 6.07) is -2.63. The van der Waals surface area contributed by atoms with E-state index in [1.807, 2.05) is 6.26 Å². The van der Waals surface area contributed by atoms with Gasteiger partial charge in [0.1, 0.15) is 12.1 Å². The van der Waals surface area contributed by atoms with Crippen molar-refractivity contribution < 1.29 is 24.3 Å².